The number of amides is 1. The van der Waals surface area contributed by atoms with Crippen LogP contribution in [0.25, 0.3) is 0 Å². The summed E-state index contributed by atoms with van der Waals surface area (Å²) in [5.74, 6) is 1.76. The molecule has 0 saturated heterocycles. The van der Waals surface area contributed by atoms with Gasteiger partial charge < -0.3 is 14.8 Å². The zero-order chi connectivity index (χ0) is 19.6. The average Bonchev–Trinajstić information content (AvgIpc) is 3.06. The van der Waals surface area contributed by atoms with E-state index in [0.717, 1.165) is 36.4 Å². The molecule has 0 unspecified atom stereocenters. The molecule has 5 nitrogen and oxygen atoms in total. The van der Waals surface area contributed by atoms with Crippen molar-refractivity contribution in [1.82, 2.24) is 10.3 Å². The van der Waals surface area contributed by atoms with Crippen LogP contribution in [-0.2, 0) is 6.42 Å². The molecule has 0 radical (unpaired) electrons. The summed E-state index contributed by atoms with van der Waals surface area (Å²) in [6, 6.07) is 5.32. The van der Waals surface area contributed by atoms with Gasteiger partial charge in [-0.25, -0.2) is 4.98 Å². The SMILES string of the molecule is COc1cc(C(=O)NCCCCc2nc(C)cs2)ccc1OCCC(C)C. The number of aromatic nitrogens is 1. The van der Waals surface area contributed by atoms with Crippen LogP contribution in [-0.4, -0.2) is 31.2 Å². The van der Waals surface area contributed by atoms with Gasteiger partial charge in [0.15, 0.2) is 11.5 Å². The van der Waals surface area contributed by atoms with E-state index in [-0.39, 0.29) is 5.91 Å². The lowest BCUT2D eigenvalue weighted by atomic mass is 10.1. The molecule has 0 aliphatic carbocycles. The van der Waals surface area contributed by atoms with E-state index in [1.165, 1.54) is 0 Å². The van der Waals surface area contributed by atoms with Crippen LogP contribution in [0.1, 0.15) is 54.2 Å². The maximum atomic E-state index is 12.3. The largest absolute Gasteiger partial charge is 0.493 e. The zero-order valence-corrected chi connectivity index (χ0v) is 17.5. The summed E-state index contributed by atoms with van der Waals surface area (Å²) in [6.45, 7) is 7.61. The second-order valence-corrected chi connectivity index (χ2v) is 7.93. The number of ether oxygens (including phenoxy) is 2. The number of carbonyl (C=O) groups excluding carboxylic acids is 1. The van der Waals surface area contributed by atoms with Crippen LogP contribution in [0.5, 0.6) is 11.5 Å². The lowest BCUT2D eigenvalue weighted by Crippen LogP contribution is -2.24. The molecule has 0 bridgehead atoms. The van der Waals surface area contributed by atoms with Gasteiger partial charge in [-0.3, -0.25) is 4.79 Å². The number of nitrogens with zero attached hydrogens (tertiary/aromatic N) is 1. The van der Waals surface area contributed by atoms with Crippen LogP contribution in [0.15, 0.2) is 23.6 Å². The van der Waals surface area contributed by atoms with E-state index in [2.05, 4.69) is 29.5 Å². The minimum atomic E-state index is -0.0906. The van der Waals surface area contributed by atoms with Crippen molar-refractivity contribution in [3.8, 4) is 11.5 Å². The third-order valence-corrected chi connectivity index (χ3v) is 5.17. The number of hydrogen-bond acceptors (Lipinski definition) is 5. The molecule has 2 rings (SSSR count). The van der Waals surface area contributed by atoms with Crippen molar-refractivity contribution in [2.45, 2.75) is 46.5 Å². The van der Waals surface area contributed by atoms with Crippen LogP contribution in [0.3, 0.4) is 0 Å². The van der Waals surface area contributed by atoms with Crippen LogP contribution < -0.4 is 14.8 Å². The van der Waals surface area contributed by atoms with Gasteiger partial charge in [-0.2, -0.15) is 0 Å². The van der Waals surface area contributed by atoms with Gasteiger partial charge in [0.2, 0.25) is 0 Å². The molecule has 0 saturated carbocycles. The Morgan fingerprint density at radius 3 is 2.74 bits per heavy atom. The predicted molar refractivity (Wildman–Crippen MR) is 110 cm³/mol. The Morgan fingerprint density at radius 2 is 2.07 bits per heavy atom. The van der Waals surface area contributed by atoms with Crippen molar-refractivity contribution >= 4 is 17.2 Å². The molecule has 0 atom stereocenters. The van der Waals surface area contributed by atoms with Crippen LogP contribution in [0, 0.1) is 12.8 Å². The molecule has 1 heterocycles. The number of methoxy groups -OCH3 is 1. The molecule has 0 aliphatic rings. The monoisotopic (exact) mass is 390 g/mol. The van der Waals surface area contributed by atoms with Crippen molar-refractivity contribution in [2.75, 3.05) is 20.3 Å². The minimum Gasteiger partial charge on any atom is -0.493 e. The van der Waals surface area contributed by atoms with Crippen molar-refractivity contribution in [3.05, 3.63) is 39.8 Å². The highest BCUT2D eigenvalue weighted by molar-refractivity contribution is 7.09. The molecule has 27 heavy (non-hydrogen) atoms. The highest BCUT2D eigenvalue weighted by atomic mass is 32.1. The third kappa shape index (κ3) is 7.21. The summed E-state index contributed by atoms with van der Waals surface area (Å²) >= 11 is 1.70. The fourth-order valence-electron chi connectivity index (χ4n) is 2.56. The summed E-state index contributed by atoms with van der Waals surface area (Å²) in [4.78, 5) is 16.8. The van der Waals surface area contributed by atoms with Gasteiger partial charge >= 0.3 is 0 Å². The summed E-state index contributed by atoms with van der Waals surface area (Å²) in [7, 11) is 1.59. The second kappa shape index (κ2) is 10.9. The van der Waals surface area contributed by atoms with E-state index in [0.29, 0.717) is 36.1 Å². The molecule has 1 N–H and O–H groups in total. The Morgan fingerprint density at radius 1 is 1.26 bits per heavy atom. The molecule has 0 spiro atoms. The number of aryl methyl sites for hydroxylation is 2. The Hall–Kier alpha value is -2.08. The normalized spacial score (nSPS) is 10.9. The summed E-state index contributed by atoms with van der Waals surface area (Å²) < 4.78 is 11.1. The molecule has 148 valence electrons. The Bertz CT molecular complexity index is 728. The summed E-state index contributed by atoms with van der Waals surface area (Å²) in [5.41, 5.74) is 1.66. The number of rotatable bonds is 11. The minimum absolute atomic E-state index is 0.0906. The Labute approximate surface area is 166 Å². The number of nitrogens with one attached hydrogen (secondary N) is 1. The Balaban J connectivity index is 1.77. The third-order valence-electron chi connectivity index (χ3n) is 4.15. The molecule has 1 aromatic carbocycles. The molecule has 0 aliphatic heterocycles. The van der Waals surface area contributed by atoms with E-state index in [9.17, 15) is 4.79 Å². The first-order valence-electron chi connectivity index (χ1n) is 9.49. The Kier molecular flexibility index (Phi) is 8.58. The smallest absolute Gasteiger partial charge is 0.251 e. The highest BCUT2D eigenvalue weighted by Gasteiger charge is 2.11. The number of benzene rings is 1. The van der Waals surface area contributed by atoms with Gasteiger partial charge in [0.05, 0.1) is 18.7 Å². The van der Waals surface area contributed by atoms with E-state index in [1.807, 2.05) is 6.92 Å². The topological polar surface area (TPSA) is 60.5 Å². The first-order chi connectivity index (χ1) is 13.0. The van der Waals surface area contributed by atoms with Crippen molar-refractivity contribution < 1.29 is 14.3 Å². The van der Waals surface area contributed by atoms with Gasteiger partial charge in [-0.05, 0) is 56.7 Å². The zero-order valence-electron chi connectivity index (χ0n) is 16.7. The van der Waals surface area contributed by atoms with Gasteiger partial charge in [0.25, 0.3) is 5.91 Å². The van der Waals surface area contributed by atoms with Crippen molar-refractivity contribution in [1.29, 1.82) is 0 Å². The second-order valence-electron chi connectivity index (χ2n) is 6.99. The van der Waals surface area contributed by atoms with Crippen molar-refractivity contribution in [3.63, 3.8) is 0 Å². The molecule has 1 amide bonds. The molecular formula is C21H30N2O3S. The van der Waals surface area contributed by atoms with E-state index in [4.69, 9.17) is 9.47 Å². The lowest BCUT2D eigenvalue weighted by molar-refractivity contribution is 0.0952. The van der Waals surface area contributed by atoms with E-state index in [1.54, 1.807) is 36.6 Å². The number of hydrogen-bond donors (Lipinski definition) is 1. The van der Waals surface area contributed by atoms with Crippen LogP contribution in [0.2, 0.25) is 0 Å². The number of thiazole rings is 1. The van der Waals surface area contributed by atoms with Crippen molar-refractivity contribution in [2.24, 2.45) is 5.92 Å². The molecule has 2 aromatic rings. The van der Waals surface area contributed by atoms with Gasteiger partial charge in [0.1, 0.15) is 0 Å². The van der Waals surface area contributed by atoms with Gasteiger partial charge in [-0.15, -0.1) is 11.3 Å². The van der Waals surface area contributed by atoms with Crippen LogP contribution >= 0.6 is 11.3 Å². The fourth-order valence-corrected chi connectivity index (χ4v) is 3.37. The average molecular weight is 391 g/mol. The first kappa shape index (κ1) is 21.2. The van der Waals surface area contributed by atoms with E-state index >= 15 is 0 Å². The van der Waals surface area contributed by atoms with Gasteiger partial charge in [0, 0.05) is 23.2 Å². The molecule has 0 fully saturated rings. The highest BCUT2D eigenvalue weighted by Crippen LogP contribution is 2.28. The number of carbonyl (C=O) groups is 1. The molecule has 1 aromatic heterocycles. The fraction of sp³-hybridized carbons (Fsp3) is 0.524. The van der Waals surface area contributed by atoms with Gasteiger partial charge in [-0.1, -0.05) is 13.8 Å². The summed E-state index contributed by atoms with van der Waals surface area (Å²) in [5, 5.41) is 6.20. The lowest BCUT2D eigenvalue weighted by Gasteiger charge is -2.13. The number of unbranched alkanes of at least 4 members (excludes halogenated alkanes) is 1. The van der Waals surface area contributed by atoms with Crippen LogP contribution in [0.4, 0.5) is 0 Å². The maximum Gasteiger partial charge on any atom is 0.251 e. The first-order valence-corrected chi connectivity index (χ1v) is 10.4. The quantitative estimate of drug-likeness (QED) is 0.568. The van der Waals surface area contributed by atoms with E-state index < -0.39 is 0 Å². The molecule has 6 heteroatoms. The predicted octanol–water partition coefficient (Wildman–Crippen LogP) is 4.64. The standard InChI is InChI=1S/C21H30N2O3S/c1-15(2)10-12-26-18-9-8-17(13-19(18)25-4)21(24)22-11-6-5-7-20-23-16(3)14-27-20/h8-9,13-15H,5-7,10-12H2,1-4H3,(H,22,24). The maximum absolute atomic E-state index is 12.3. The molecular weight excluding hydrogens is 360 g/mol. The summed E-state index contributed by atoms with van der Waals surface area (Å²) in [6.07, 6.45) is 3.88.